The van der Waals surface area contributed by atoms with Gasteiger partial charge < -0.3 is 0 Å². The summed E-state index contributed by atoms with van der Waals surface area (Å²) in [7, 11) is 0. The highest BCUT2D eigenvalue weighted by Gasteiger charge is 2.23. The topological polar surface area (TPSA) is 47.8 Å². The van der Waals surface area contributed by atoms with Gasteiger partial charge in [0.15, 0.2) is 6.29 Å². The summed E-state index contributed by atoms with van der Waals surface area (Å²) in [6, 6.07) is 3.74. The van der Waals surface area contributed by atoms with Crippen LogP contribution in [0.5, 0.6) is 0 Å². The fourth-order valence-electron chi connectivity index (χ4n) is 1.92. The van der Waals surface area contributed by atoms with Gasteiger partial charge in [0, 0.05) is 30.7 Å². The van der Waals surface area contributed by atoms with E-state index in [4.69, 9.17) is 0 Å². The third-order valence-electron chi connectivity index (χ3n) is 3.01. The van der Waals surface area contributed by atoms with Crippen LogP contribution in [0.1, 0.15) is 23.2 Å². The Bertz CT molecular complexity index is 529. The Hall–Kier alpha value is -1.97. The zero-order valence-corrected chi connectivity index (χ0v) is 9.41. The molecule has 0 amide bonds. The molecule has 0 N–H and O–H groups in total. The van der Waals surface area contributed by atoms with Gasteiger partial charge in [0.05, 0.1) is 5.56 Å². The van der Waals surface area contributed by atoms with Gasteiger partial charge in [-0.3, -0.25) is 14.5 Å². The fraction of sp³-hybridized carbons (Fsp3) is 0.308. The van der Waals surface area contributed by atoms with Crippen molar-refractivity contribution >= 4 is 6.29 Å². The monoisotopic (exact) mass is 227 g/mol. The molecule has 0 unspecified atom stereocenters. The first-order valence-electron chi connectivity index (χ1n) is 5.80. The predicted octanol–water partition coefficient (Wildman–Crippen LogP) is 2.17. The summed E-state index contributed by atoms with van der Waals surface area (Å²) in [5, 5.41) is 4.49. The maximum absolute atomic E-state index is 11.0. The second-order valence-corrected chi connectivity index (χ2v) is 4.45. The lowest BCUT2D eigenvalue weighted by Crippen LogP contribution is -1.99. The summed E-state index contributed by atoms with van der Waals surface area (Å²) >= 11 is 0. The Morgan fingerprint density at radius 3 is 2.76 bits per heavy atom. The third-order valence-corrected chi connectivity index (χ3v) is 3.01. The SMILES string of the molecule is O=Cc1cn(CC2CC2)nc1-c1ccncc1. The van der Waals surface area contributed by atoms with Gasteiger partial charge in [-0.1, -0.05) is 0 Å². The molecule has 4 heteroatoms. The average Bonchev–Trinajstić information content (AvgIpc) is 3.08. The molecule has 1 aliphatic rings. The maximum atomic E-state index is 11.0. The van der Waals surface area contributed by atoms with E-state index >= 15 is 0 Å². The second kappa shape index (κ2) is 4.13. The molecule has 2 aromatic heterocycles. The molecule has 0 saturated heterocycles. The number of pyridine rings is 1. The van der Waals surface area contributed by atoms with Crippen molar-refractivity contribution in [3.05, 3.63) is 36.3 Å². The van der Waals surface area contributed by atoms with Crippen LogP contribution in [0.4, 0.5) is 0 Å². The molecule has 0 bridgehead atoms. The standard InChI is InChI=1S/C13H13N3O/c17-9-12-8-16(7-10-1-2-10)15-13(12)11-3-5-14-6-4-11/h3-6,8-10H,1-2,7H2. The van der Waals surface area contributed by atoms with Gasteiger partial charge >= 0.3 is 0 Å². The van der Waals surface area contributed by atoms with Crippen LogP contribution in [-0.2, 0) is 6.54 Å². The van der Waals surface area contributed by atoms with Crippen LogP contribution in [0.15, 0.2) is 30.7 Å². The Labute approximate surface area is 99.3 Å². The third kappa shape index (κ3) is 2.11. The van der Waals surface area contributed by atoms with Gasteiger partial charge in [0.2, 0.25) is 0 Å². The molecule has 1 fully saturated rings. The van der Waals surface area contributed by atoms with Crippen molar-refractivity contribution in [2.45, 2.75) is 19.4 Å². The summed E-state index contributed by atoms with van der Waals surface area (Å²) in [5.74, 6) is 0.750. The van der Waals surface area contributed by atoms with Gasteiger partial charge in [-0.2, -0.15) is 5.10 Å². The molecule has 2 aromatic rings. The molecular formula is C13H13N3O. The first-order valence-corrected chi connectivity index (χ1v) is 5.80. The van der Waals surface area contributed by atoms with E-state index in [9.17, 15) is 4.79 Å². The Morgan fingerprint density at radius 2 is 2.12 bits per heavy atom. The zero-order valence-electron chi connectivity index (χ0n) is 9.41. The van der Waals surface area contributed by atoms with Crippen molar-refractivity contribution in [1.29, 1.82) is 0 Å². The van der Waals surface area contributed by atoms with Gasteiger partial charge in [0.1, 0.15) is 5.69 Å². The molecule has 1 saturated carbocycles. The minimum atomic E-state index is 0.650. The van der Waals surface area contributed by atoms with Crippen molar-refractivity contribution in [1.82, 2.24) is 14.8 Å². The highest BCUT2D eigenvalue weighted by atomic mass is 16.1. The molecule has 0 spiro atoms. The minimum absolute atomic E-state index is 0.650. The first kappa shape index (κ1) is 10.2. The van der Waals surface area contributed by atoms with Crippen molar-refractivity contribution in [3.63, 3.8) is 0 Å². The molecule has 1 aliphatic carbocycles. The van der Waals surface area contributed by atoms with Crippen LogP contribution in [0.3, 0.4) is 0 Å². The van der Waals surface area contributed by atoms with E-state index in [1.54, 1.807) is 12.4 Å². The van der Waals surface area contributed by atoms with E-state index in [-0.39, 0.29) is 0 Å². The van der Waals surface area contributed by atoms with Crippen LogP contribution >= 0.6 is 0 Å². The molecule has 3 rings (SSSR count). The maximum Gasteiger partial charge on any atom is 0.153 e. The molecule has 17 heavy (non-hydrogen) atoms. The highest BCUT2D eigenvalue weighted by molar-refractivity contribution is 5.85. The van der Waals surface area contributed by atoms with E-state index in [0.717, 1.165) is 30.0 Å². The minimum Gasteiger partial charge on any atom is -0.298 e. The van der Waals surface area contributed by atoms with Gasteiger partial charge in [-0.15, -0.1) is 0 Å². The number of aldehydes is 1. The van der Waals surface area contributed by atoms with Gasteiger partial charge in [-0.05, 0) is 30.9 Å². The summed E-state index contributed by atoms with van der Waals surface area (Å²) in [5.41, 5.74) is 2.34. The van der Waals surface area contributed by atoms with E-state index < -0.39 is 0 Å². The number of carbonyl (C=O) groups is 1. The second-order valence-electron chi connectivity index (χ2n) is 4.45. The summed E-state index contributed by atoms with van der Waals surface area (Å²) in [4.78, 5) is 15.0. The first-order chi connectivity index (χ1) is 8.36. The smallest absolute Gasteiger partial charge is 0.153 e. The van der Waals surface area contributed by atoms with E-state index in [0.29, 0.717) is 5.56 Å². The molecular weight excluding hydrogens is 214 g/mol. The van der Waals surface area contributed by atoms with Gasteiger partial charge in [0.25, 0.3) is 0 Å². The zero-order chi connectivity index (χ0) is 11.7. The van der Waals surface area contributed by atoms with Crippen LogP contribution in [0.2, 0.25) is 0 Å². The molecule has 0 aliphatic heterocycles. The molecule has 0 radical (unpaired) electrons. The quantitative estimate of drug-likeness (QED) is 0.752. The lowest BCUT2D eigenvalue weighted by atomic mass is 10.1. The number of hydrogen-bond donors (Lipinski definition) is 0. The fourth-order valence-corrected chi connectivity index (χ4v) is 1.92. The normalized spacial score (nSPS) is 14.8. The molecule has 86 valence electrons. The number of hydrogen-bond acceptors (Lipinski definition) is 3. The molecule has 2 heterocycles. The van der Waals surface area contributed by atoms with Crippen molar-refractivity contribution < 1.29 is 4.79 Å². The number of carbonyl (C=O) groups excluding carboxylic acids is 1. The predicted molar refractivity (Wildman–Crippen MR) is 63.6 cm³/mol. The average molecular weight is 227 g/mol. The lowest BCUT2D eigenvalue weighted by Gasteiger charge is -1.98. The van der Waals surface area contributed by atoms with E-state index in [1.807, 2.05) is 23.0 Å². The van der Waals surface area contributed by atoms with E-state index in [1.165, 1.54) is 12.8 Å². The summed E-state index contributed by atoms with van der Waals surface area (Å²) < 4.78 is 1.89. The largest absolute Gasteiger partial charge is 0.298 e. The van der Waals surface area contributed by atoms with Crippen molar-refractivity contribution in [2.75, 3.05) is 0 Å². The summed E-state index contributed by atoms with van der Waals surface area (Å²) in [6.07, 6.45) is 8.68. The Kier molecular flexibility index (Phi) is 2.48. The Balaban J connectivity index is 1.96. The number of aromatic nitrogens is 3. The number of nitrogens with zero attached hydrogens (tertiary/aromatic N) is 3. The molecule has 0 atom stereocenters. The van der Waals surface area contributed by atoms with E-state index in [2.05, 4.69) is 10.1 Å². The van der Waals surface area contributed by atoms with Crippen LogP contribution in [-0.4, -0.2) is 21.1 Å². The number of rotatable bonds is 4. The molecule has 0 aromatic carbocycles. The molecule has 4 nitrogen and oxygen atoms in total. The van der Waals surface area contributed by atoms with Crippen LogP contribution in [0.25, 0.3) is 11.3 Å². The lowest BCUT2D eigenvalue weighted by molar-refractivity contribution is 0.112. The Morgan fingerprint density at radius 1 is 1.35 bits per heavy atom. The summed E-state index contributed by atoms with van der Waals surface area (Å²) in [6.45, 7) is 0.923. The highest BCUT2D eigenvalue weighted by Crippen LogP contribution is 2.31. The van der Waals surface area contributed by atoms with Gasteiger partial charge in [-0.25, -0.2) is 0 Å². The van der Waals surface area contributed by atoms with Crippen molar-refractivity contribution in [3.8, 4) is 11.3 Å². The van der Waals surface area contributed by atoms with Crippen LogP contribution < -0.4 is 0 Å². The van der Waals surface area contributed by atoms with Crippen molar-refractivity contribution in [2.24, 2.45) is 5.92 Å². The van der Waals surface area contributed by atoms with Crippen LogP contribution in [0, 0.1) is 5.92 Å².